The van der Waals surface area contributed by atoms with Crippen LogP contribution >= 0.6 is 0 Å². The number of hydrogen-bond acceptors (Lipinski definition) is 3. The van der Waals surface area contributed by atoms with Crippen LogP contribution in [-0.4, -0.2) is 23.7 Å². The van der Waals surface area contributed by atoms with E-state index in [1.165, 1.54) is 0 Å². The zero-order valence-electron chi connectivity index (χ0n) is 10.5. The second-order valence-corrected chi connectivity index (χ2v) is 3.74. The summed E-state index contributed by atoms with van der Waals surface area (Å²) in [7, 11) is 0. The number of carboxylic acids is 1. The van der Waals surface area contributed by atoms with Gasteiger partial charge in [-0.05, 0) is 31.0 Å². The molecular formula is C14H16O4. The highest BCUT2D eigenvalue weighted by molar-refractivity contribution is 5.90. The molecule has 0 aliphatic carbocycles. The molecule has 0 saturated carbocycles. The number of benzene rings is 1. The van der Waals surface area contributed by atoms with Crippen LogP contribution in [0.1, 0.15) is 34.8 Å². The second kappa shape index (κ2) is 6.59. The lowest BCUT2D eigenvalue weighted by atomic mass is 10.0. The fourth-order valence-corrected chi connectivity index (χ4v) is 1.57. The third kappa shape index (κ3) is 3.73. The molecule has 0 aromatic heterocycles. The largest absolute Gasteiger partial charge is 0.478 e. The first-order valence-electron chi connectivity index (χ1n) is 5.71. The zero-order chi connectivity index (χ0) is 13.5. The van der Waals surface area contributed by atoms with Crippen LogP contribution in [0.15, 0.2) is 24.3 Å². The summed E-state index contributed by atoms with van der Waals surface area (Å²) in [6.07, 6.45) is 3.59. The summed E-state index contributed by atoms with van der Waals surface area (Å²) < 4.78 is 4.79. The number of esters is 1. The highest BCUT2D eigenvalue weighted by atomic mass is 16.5. The van der Waals surface area contributed by atoms with Crippen LogP contribution < -0.4 is 0 Å². The van der Waals surface area contributed by atoms with Gasteiger partial charge in [0.25, 0.3) is 0 Å². The SMILES string of the molecule is CCOC(=O)CC=Cc1cccc(C(=O)O)c1C. The lowest BCUT2D eigenvalue weighted by Gasteiger charge is -2.04. The van der Waals surface area contributed by atoms with Gasteiger partial charge in [-0.3, -0.25) is 4.79 Å². The van der Waals surface area contributed by atoms with Gasteiger partial charge in [-0.2, -0.15) is 0 Å². The lowest BCUT2D eigenvalue weighted by Crippen LogP contribution is -2.02. The minimum atomic E-state index is -0.951. The van der Waals surface area contributed by atoms with Crippen molar-refractivity contribution in [2.45, 2.75) is 20.3 Å². The molecule has 4 nitrogen and oxygen atoms in total. The maximum atomic E-state index is 11.1. The van der Waals surface area contributed by atoms with Crippen LogP contribution in [0.25, 0.3) is 6.08 Å². The van der Waals surface area contributed by atoms with Crippen molar-refractivity contribution in [3.8, 4) is 0 Å². The Bertz CT molecular complexity index is 475. The third-order valence-electron chi connectivity index (χ3n) is 2.49. The Kier molecular flexibility index (Phi) is 5.11. The number of aromatic carboxylic acids is 1. The van der Waals surface area contributed by atoms with Gasteiger partial charge in [-0.15, -0.1) is 0 Å². The number of carbonyl (C=O) groups is 2. The first kappa shape index (κ1) is 14.0. The maximum absolute atomic E-state index is 11.1. The minimum absolute atomic E-state index is 0.185. The molecule has 0 spiro atoms. The summed E-state index contributed by atoms with van der Waals surface area (Å²) in [5.41, 5.74) is 1.75. The normalized spacial score (nSPS) is 10.6. The van der Waals surface area contributed by atoms with Crippen LogP contribution in [0.3, 0.4) is 0 Å². The van der Waals surface area contributed by atoms with Crippen molar-refractivity contribution in [2.24, 2.45) is 0 Å². The summed E-state index contributed by atoms with van der Waals surface area (Å²) >= 11 is 0. The summed E-state index contributed by atoms with van der Waals surface area (Å²) in [5, 5.41) is 8.98. The minimum Gasteiger partial charge on any atom is -0.478 e. The standard InChI is InChI=1S/C14H16O4/c1-3-18-13(15)9-5-7-11-6-4-8-12(10(11)2)14(16)17/h4-8H,3,9H2,1-2H3,(H,16,17). The summed E-state index contributed by atoms with van der Waals surface area (Å²) in [5.74, 6) is -1.24. The average molecular weight is 248 g/mol. The van der Waals surface area contributed by atoms with Crippen molar-refractivity contribution in [1.29, 1.82) is 0 Å². The summed E-state index contributed by atoms with van der Waals surface area (Å²) in [6, 6.07) is 5.05. The molecule has 96 valence electrons. The van der Waals surface area contributed by atoms with Crippen LogP contribution in [0.2, 0.25) is 0 Å². The molecule has 0 unspecified atom stereocenters. The van der Waals surface area contributed by atoms with Gasteiger partial charge in [0, 0.05) is 0 Å². The van der Waals surface area contributed by atoms with Gasteiger partial charge >= 0.3 is 11.9 Å². The zero-order valence-corrected chi connectivity index (χ0v) is 10.5. The van der Waals surface area contributed by atoms with E-state index in [-0.39, 0.29) is 18.0 Å². The van der Waals surface area contributed by atoms with Crippen molar-refractivity contribution in [2.75, 3.05) is 6.61 Å². The van der Waals surface area contributed by atoms with Crippen LogP contribution in [0, 0.1) is 6.92 Å². The van der Waals surface area contributed by atoms with E-state index >= 15 is 0 Å². The van der Waals surface area contributed by atoms with Crippen molar-refractivity contribution in [3.63, 3.8) is 0 Å². The first-order chi connectivity index (χ1) is 8.56. The molecule has 18 heavy (non-hydrogen) atoms. The Morgan fingerprint density at radius 3 is 2.72 bits per heavy atom. The Morgan fingerprint density at radius 2 is 2.11 bits per heavy atom. The Balaban J connectivity index is 2.79. The Morgan fingerprint density at radius 1 is 1.39 bits per heavy atom. The molecule has 1 N–H and O–H groups in total. The molecule has 1 aromatic carbocycles. The van der Waals surface area contributed by atoms with Gasteiger partial charge < -0.3 is 9.84 Å². The van der Waals surface area contributed by atoms with Crippen molar-refractivity contribution in [1.82, 2.24) is 0 Å². The predicted molar refractivity (Wildman–Crippen MR) is 68.4 cm³/mol. The molecule has 0 atom stereocenters. The van der Waals surface area contributed by atoms with E-state index in [9.17, 15) is 9.59 Å². The number of rotatable bonds is 5. The highest BCUT2D eigenvalue weighted by Gasteiger charge is 2.08. The molecule has 0 aliphatic rings. The van der Waals surface area contributed by atoms with Gasteiger partial charge in [0.1, 0.15) is 0 Å². The van der Waals surface area contributed by atoms with Crippen molar-refractivity contribution >= 4 is 18.0 Å². The molecule has 0 bridgehead atoms. The van der Waals surface area contributed by atoms with E-state index in [0.717, 1.165) is 5.56 Å². The van der Waals surface area contributed by atoms with Crippen molar-refractivity contribution < 1.29 is 19.4 Å². The molecule has 4 heteroatoms. The second-order valence-electron chi connectivity index (χ2n) is 3.74. The van der Waals surface area contributed by atoms with Crippen LogP contribution in [0.5, 0.6) is 0 Å². The smallest absolute Gasteiger partial charge is 0.335 e. The van der Waals surface area contributed by atoms with Crippen LogP contribution in [-0.2, 0) is 9.53 Å². The predicted octanol–water partition coefficient (Wildman–Crippen LogP) is 2.66. The Labute approximate surface area is 106 Å². The van der Waals surface area contributed by atoms with E-state index < -0.39 is 5.97 Å². The fourth-order valence-electron chi connectivity index (χ4n) is 1.57. The number of carboxylic acid groups (broad SMARTS) is 1. The molecular weight excluding hydrogens is 232 g/mol. The van der Waals surface area contributed by atoms with E-state index in [4.69, 9.17) is 9.84 Å². The van der Waals surface area contributed by atoms with E-state index in [2.05, 4.69) is 0 Å². The topological polar surface area (TPSA) is 63.6 Å². The van der Waals surface area contributed by atoms with E-state index in [1.807, 2.05) is 6.07 Å². The number of ether oxygens (including phenoxy) is 1. The molecule has 0 heterocycles. The quantitative estimate of drug-likeness (QED) is 0.814. The third-order valence-corrected chi connectivity index (χ3v) is 2.49. The van der Waals surface area contributed by atoms with Gasteiger partial charge in [0.2, 0.25) is 0 Å². The average Bonchev–Trinajstić information content (AvgIpc) is 2.31. The molecule has 0 amide bonds. The van der Waals surface area contributed by atoms with Crippen LogP contribution in [0.4, 0.5) is 0 Å². The monoisotopic (exact) mass is 248 g/mol. The van der Waals surface area contributed by atoms with Gasteiger partial charge in [0.05, 0.1) is 18.6 Å². The van der Waals surface area contributed by atoms with E-state index in [1.54, 1.807) is 38.1 Å². The maximum Gasteiger partial charge on any atom is 0.335 e. The molecule has 0 fully saturated rings. The molecule has 1 rings (SSSR count). The molecule has 0 saturated heterocycles. The fraction of sp³-hybridized carbons (Fsp3) is 0.286. The van der Waals surface area contributed by atoms with Gasteiger partial charge in [0.15, 0.2) is 0 Å². The van der Waals surface area contributed by atoms with Crippen molar-refractivity contribution in [3.05, 3.63) is 41.0 Å². The lowest BCUT2D eigenvalue weighted by molar-refractivity contribution is -0.142. The summed E-state index contributed by atoms with van der Waals surface area (Å²) in [6.45, 7) is 3.86. The first-order valence-corrected chi connectivity index (χ1v) is 5.71. The summed E-state index contributed by atoms with van der Waals surface area (Å²) in [4.78, 5) is 22.1. The molecule has 0 aliphatic heterocycles. The molecule has 1 aromatic rings. The Hall–Kier alpha value is -2.10. The number of carbonyl (C=O) groups excluding carboxylic acids is 1. The highest BCUT2D eigenvalue weighted by Crippen LogP contribution is 2.15. The van der Waals surface area contributed by atoms with Gasteiger partial charge in [-0.1, -0.05) is 24.3 Å². The number of hydrogen-bond donors (Lipinski definition) is 1. The molecule has 0 radical (unpaired) electrons. The van der Waals surface area contributed by atoms with E-state index in [0.29, 0.717) is 12.2 Å². The van der Waals surface area contributed by atoms with Gasteiger partial charge in [-0.25, -0.2) is 4.79 Å².